The van der Waals surface area contributed by atoms with Gasteiger partial charge < -0.3 is 10.6 Å². The van der Waals surface area contributed by atoms with E-state index in [4.69, 9.17) is 0 Å². The molecular weight excluding hydrogens is 232 g/mol. The van der Waals surface area contributed by atoms with Crippen molar-refractivity contribution in [3.8, 4) is 0 Å². The molecule has 1 aliphatic heterocycles. The van der Waals surface area contributed by atoms with Crippen molar-refractivity contribution in [1.29, 1.82) is 0 Å². The van der Waals surface area contributed by atoms with Crippen molar-refractivity contribution in [3.63, 3.8) is 0 Å². The molecule has 68 valence electrons. The summed E-state index contributed by atoms with van der Waals surface area (Å²) >= 11 is 3.42. The Labute approximate surface area is 84.6 Å². The van der Waals surface area contributed by atoms with Gasteiger partial charge in [0.15, 0.2) is 0 Å². The van der Waals surface area contributed by atoms with Crippen molar-refractivity contribution in [2.45, 2.75) is 6.54 Å². The number of carbonyl (C=O) groups excluding carboxylic acids is 1. The fourth-order valence-corrected chi connectivity index (χ4v) is 1.99. The second-order valence-corrected chi connectivity index (χ2v) is 3.74. The van der Waals surface area contributed by atoms with Gasteiger partial charge in [0.25, 0.3) is 5.91 Å². The highest BCUT2D eigenvalue weighted by Gasteiger charge is 2.23. The second kappa shape index (κ2) is 3.03. The SMILES string of the molecule is CNc1ccc(Br)c2c1C(=O)NC2. The summed E-state index contributed by atoms with van der Waals surface area (Å²) in [6, 6.07) is 3.85. The Balaban J connectivity index is 2.66. The molecule has 1 aromatic rings. The Kier molecular flexibility index (Phi) is 2.00. The Morgan fingerprint density at radius 2 is 2.31 bits per heavy atom. The number of fused-ring (bicyclic) bond motifs is 1. The molecule has 0 fully saturated rings. The fraction of sp³-hybridized carbons (Fsp3) is 0.222. The van der Waals surface area contributed by atoms with Gasteiger partial charge in [0.05, 0.1) is 5.56 Å². The van der Waals surface area contributed by atoms with Crippen molar-refractivity contribution < 1.29 is 4.79 Å². The predicted octanol–water partition coefficient (Wildman–Crippen LogP) is 1.73. The van der Waals surface area contributed by atoms with Crippen LogP contribution in [0.1, 0.15) is 15.9 Å². The molecule has 1 aromatic carbocycles. The van der Waals surface area contributed by atoms with Crippen molar-refractivity contribution in [2.75, 3.05) is 12.4 Å². The van der Waals surface area contributed by atoms with Crippen LogP contribution in [0.15, 0.2) is 16.6 Å². The molecule has 4 heteroatoms. The van der Waals surface area contributed by atoms with Crippen molar-refractivity contribution >= 4 is 27.5 Å². The molecule has 2 N–H and O–H groups in total. The molecule has 0 spiro atoms. The van der Waals surface area contributed by atoms with Crippen LogP contribution < -0.4 is 10.6 Å². The third-order valence-electron chi connectivity index (χ3n) is 2.18. The normalized spacial score (nSPS) is 13.8. The van der Waals surface area contributed by atoms with Crippen LogP contribution in [0.25, 0.3) is 0 Å². The highest BCUT2D eigenvalue weighted by Crippen LogP contribution is 2.30. The number of anilines is 1. The lowest BCUT2D eigenvalue weighted by Crippen LogP contribution is -2.13. The Morgan fingerprint density at radius 1 is 1.54 bits per heavy atom. The van der Waals surface area contributed by atoms with Crippen molar-refractivity contribution in [1.82, 2.24) is 5.32 Å². The molecule has 13 heavy (non-hydrogen) atoms. The summed E-state index contributed by atoms with van der Waals surface area (Å²) in [6.45, 7) is 0.615. The van der Waals surface area contributed by atoms with Gasteiger partial charge in [-0.25, -0.2) is 0 Å². The number of nitrogens with one attached hydrogen (secondary N) is 2. The van der Waals surface area contributed by atoms with Gasteiger partial charge in [0.1, 0.15) is 0 Å². The molecule has 0 aromatic heterocycles. The molecule has 1 heterocycles. The summed E-state index contributed by atoms with van der Waals surface area (Å²) in [6.07, 6.45) is 0. The lowest BCUT2D eigenvalue weighted by Gasteiger charge is -2.06. The van der Waals surface area contributed by atoms with E-state index in [1.54, 1.807) is 0 Å². The van der Waals surface area contributed by atoms with E-state index in [0.717, 1.165) is 21.3 Å². The monoisotopic (exact) mass is 240 g/mol. The molecule has 0 unspecified atom stereocenters. The predicted molar refractivity (Wildman–Crippen MR) is 54.9 cm³/mol. The van der Waals surface area contributed by atoms with E-state index in [0.29, 0.717) is 6.54 Å². The van der Waals surface area contributed by atoms with Gasteiger partial charge in [-0.05, 0) is 12.1 Å². The quantitative estimate of drug-likeness (QED) is 0.786. The Morgan fingerprint density at radius 3 is 3.00 bits per heavy atom. The molecule has 0 atom stereocenters. The maximum Gasteiger partial charge on any atom is 0.254 e. The minimum absolute atomic E-state index is 0.000602. The lowest BCUT2D eigenvalue weighted by molar-refractivity contribution is 0.0966. The number of carbonyl (C=O) groups is 1. The largest absolute Gasteiger partial charge is 0.387 e. The molecule has 2 rings (SSSR count). The van der Waals surface area contributed by atoms with Crippen LogP contribution in [0.3, 0.4) is 0 Å². The third kappa shape index (κ3) is 1.21. The van der Waals surface area contributed by atoms with E-state index in [9.17, 15) is 4.79 Å². The van der Waals surface area contributed by atoms with Crippen LogP contribution in [0.5, 0.6) is 0 Å². The number of amides is 1. The van der Waals surface area contributed by atoms with Gasteiger partial charge in [-0.2, -0.15) is 0 Å². The molecular formula is C9H9BrN2O. The van der Waals surface area contributed by atoms with Gasteiger partial charge in [-0.1, -0.05) is 15.9 Å². The summed E-state index contributed by atoms with van der Waals surface area (Å²) in [7, 11) is 1.81. The van der Waals surface area contributed by atoms with E-state index in [-0.39, 0.29) is 5.91 Å². The first-order valence-electron chi connectivity index (χ1n) is 4.01. The van der Waals surface area contributed by atoms with E-state index < -0.39 is 0 Å². The van der Waals surface area contributed by atoms with Crippen LogP contribution in [0.4, 0.5) is 5.69 Å². The first-order valence-corrected chi connectivity index (χ1v) is 4.80. The summed E-state index contributed by atoms with van der Waals surface area (Å²) < 4.78 is 0.986. The Hall–Kier alpha value is -1.03. The maximum atomic E-state index is 11.4. The number of hydrogen-bond donors (Lipinski definition) is 2. The van der Waals surface area contributed by atoms with Crippen LogP contribution in [0.2, 0.25) is 0 Å². The van der Waals surface area contributed by atoms with Crippen molar-refractivity contribution in [2.24, 2.45) is 0 Å². The van der Waals surface area contributed by atoms with E-state index in [1.165, 1.54) is 0 Å². The van der Waals surface area contributed by atoms with E-state index in [1.807, 2.05) is 19.2 Å². The molecule has 1 aliphatic rings. The van der Waals surface area contributed by atoms with Crippen LogP contribution in [-0.2, 0) is 6.54 Å². The molecule has 0 saturated heterocycles. The number of rotatable bonds is 1. The fourth-order valence-electron chi connectivity index (χ4n) is 1.52. The second-order valence-electron chi connectivity index (χ2n) is 2.88. The van der Waals surface area contributed by atoms with Gasteiger partial charge in [0.2, 0.25) is 0 Å². The van der Waals surface area contributed by atoms with Crippen LogP contribution >= 0.6 is 15.9 Å². The van der Waals surface area contributed by atoms with E-state index >= 15 is 0 Å². The molecule has 1 amide bonds. The summed E-state index contributed by atoms with van der Waals surface area (Å²) in [5.74, 6) is 0.000602. The number of hydrogen-bond acceptors (Lipinski definition) is 2. The topological polar surface area (TPSA) is 41.1 Å². The summed E-state index contributed by atoms with van der Waals surface area (Å²) in [4.78, 5) is 11.4. The zero-order chi connectivity index (χ0) is 9.42. The molecule has 0 bridgehead atoms. The third-order valence-corrected chi connectivity index (χ3v) is 2.92. The zero-order valence-corrected chi connectivity index (χ0v) is 8.73. The molecule has 0 saturated carbocycles. The molecule has 0 radical (unpaired) electrons. The lowest BCUT2D eigenvalue weighted by atomic mass is 10.1. The highest BCUT2D eigenvalue weighted by atomic mass is 79.9. The maximum absolute atomic E-state index is 11.4. The summed E-state index contributed by atoms with van der Waals surface area (Å²) in [5, 5.41) is 5.79. The standard InChI is InChI=1S/C9H9BrN2O/c1-11-7-3-2-6(10)5-4-12-9(13)8(5)7/h2-3,11H,4H2,1H3,(H,12,13). The van der Waals surface area contributed by atoms with E-state index in [2.05, 4.69) is 26.6 Å². The average molecular weight is 241 g/mol. The van der Waals surface area contributed by atoms with Gasteiger partial charge in [0, 0.05) is 29.3 Å². The minimum atomic E-state index is 0.000602. The van der Waals surface area contributed by atoms with Crippen LogP contribution in [-0.4, -0.2) is 13.0 Å². The number of halogens is 1. The Bertz CT molecular complexity index is 376. The van der Waals surface area contributed by atoms with Gasteiger partial charge >= 0.3 is 0 Å². The highest BCUT2D eigenvalue weighted by molar-refractivity contribution is 9.10. The molecule has 0 aliphatic carbocycles. The first kappa shape index (κ1) is 8.56. The van der Waals surface area contributed by atoms with Crippen LogP contribution in [0, 0.1) is 0 Å². The van der Waals surface area contributed by atoms with Crippen molar-refractivity contribution in [3.05, 3.63) is 27.7 Å². The zero-order valence-electron chi connectivity index (χ0n) is 7.15. The smallest absolute Gasteiger partial charge is 0.254 e. The molecule has 3 nitrogen and oxygen atoms in total. The van der Waals surface area contributed by atoms with Gasteiger partial charge in [-0.15, -0.1) is 0 Å². The minimum Gasteiger partial charge on any atom is -0.387 e. The van der Waals surface area contributed by atoms with Gasteiger partial charge in [-0.3, -0.25) is 4.79 Å². The first-order chi connectivity index (χ1) is 6.24. The number of benzene rings is 1. The summed E-state index contributed by atoms with van der Waals surface area (Å²) in [5.41, 5.74) is 2.68. The average Bonchev–Trinajstić information content (AvgIpc) is 2.51.